The monoisotopic (exact) mass is 664 g/mol. The molecule has 0 saturated carbocycles. The van der Waals surface area contributed by atoms with E-state index in [1.807, 2.05) is 148 Å². The van der Waals surface area contributed by atoms with Crippen molar-refractivity contribution in [1.82, 2.24) is 0 Å². The maximum absolute atomic E-state index is 7.11. The molecule has 0 atom stereocenters. The van der Waals surface area contributed by atoms with Gasteiger partial charge in [-0.15, -0.1) is 0 Å². The summed E-state index contributed by atoms with van der Waals surface area (Å²) >= 11 is 0. The zero-order chi connectivity index (χ0) is 29.1. The number of hydrogen-bond donors (Lipinski definition) is 0. The molecule has 3 fully saturated rings. The lowest BCUT2D eigenvalue weighted by molar-refractivity contribution is 0.0428. The topological polar surface area (TPSA) is 73.8 Å². The molecule has 216 valence electrons. The van der Waals surface area contributed by atoms with E-state index >= 15 is 0 Å². The summed E-state index contributed by atoms with van der Waals surface area (Å²) in [6.45, 7) is 7.65. The van der Waals surface area contributed by atoms with E-state index in [1.54, 1.807) is 0 Å². The van der Waals surface area contributed by atoms with E-state index in [4.69, 9.17) is 32.9 Å². The van der Waals surface area contributed by atoms with Gasteiger partial charge in [-0.05, 0) is 20.7 Å². The van der Waals surface area contributed by atoms with Crippen molar-refractivity contribution in [2.24, 2.45) is 0 Å². The van der Waals surface area contributed by atoms with Crippen molar-refractivity contribution in [2.75, 3.05) is 0 Å². The molecule has 3 aliphatic heterocycles. The molecule has 14 heteroatoms. The van der Waals surface area contributed by atoms with Gasteiger partial charge in [0.2, 0.25) is 0 Å². The molecule has 0 radical (unpaired) electrons. The lowest BCUT2D eigenvalue weighted by Gasteiger charge is -2.58. The first kappa shape index (κ1) is 28.6. The van der Waals surface area contributed by atoms with Crippen molar-refractivity contribution in [3.05, 3.63) is 121 Å². The smallest absolute Gasteiger partial charge is 0.388 e. The van der Waals surface area contributed by atoms with Crippen molar-refractivity contribution in [1.29, 1.82) is 0 Å². The van der Waals surface area contributed by atoms with Gasteiger partial charge in [-0.2, -0.15) is 0 Å². The minimum absolute atomic E-state index is 0.952. The van der Waals surface area contributed by atoms with Crippen LogP contribution in [0, 0.1) is 0 Å². The molecule has 7 rings (SSSR count). The Morgan fingerprint density at radius 3 is 0.667 bits per heavy atom. The lowest BCUT2D eigenvalue weighted by atomic mass is 10.4. The summed E-state index contributed by atoms with van der Waals surface area (Å²) in [4.78, 5) is 0. The SMILES string of the molecule is C[Si@]12O[Si](c3ccccc3)(c3ccccc3)O[Si@](C)(O1)O[Si@]1(C)O[Si](c3ccccc3)(c3ccccc3)O[Si@](C)(O2)O1. The van der Waals surface area contributed by atoms with Crippen LogP contribution < -0.4 is 20.7 Å². The third-order valence-electron chi connectivity index (χ3n) is 7.41. The molecular formula is C28H32O8Si6. The van der Waals surface area contributed by atoms with Crippen LogP contribution in [0.5, 0.6) is 0 Å². The van der Waals surface area contributed by atoms with E-state index < -0.39 is 52.3 Å². The molecule has 3 heterocycles. The molecule has 42 heavy (non-hydrogen) atoms. The van der Waals surface area contributed by atoms with Gasteiger partial charge in [0.15, 0.2) is 0 Å². The van der Waals surface area contributed by atoms with Crippen LogP contribution in [0.2, 0.25) is 26.2 Å². The normalized spacial score (nSPS) is 33.2. The van der Waals surface area contributed by atoms with E-state index in [0.29, 0.717) is 0 Å². The Kier molecular flexibility index (Phi) is 6.96. The van der Waals surface area contributed by atoms with Crippen LogP contribution in [-0.2, 0) is 32.9 Å². The van der Waals surface area contributed by atoms with Gasteiger partial charge in [0, 0.05) is 26.2 Å². The number of benzene rings is 4. The van der Waals surface area contributed by atoms with E-state index in [0.717, 1.165) is 20.7 Å². The number of fused-ring (bicyclic) bond motifs is 4. The van der Waals surface area contributed by atoms with Crippen molar-refractivity contribution < 1.29 is 32.9 Å². The molecule has 0 aromatic heterocycles. The number of hydrogen-bond acceptors (Lipinski definition) is 8. The third kappa shape index (κ3) is 4.96. The fourth-order valence-corrected chi connectivity index (χ4v) is 39.8. The van der Waals surface area contributed by atoms with Gasteiger partial charge in [0.05, 0.1) is 0 Å². The molecule has 0 N–H and O–H groups in total. The van der Waals surface area contributed by atoms with Crippen LogP contribution in [-0.4, -0.2) is 52.3 Å². The van der Waals surface area contributed by atoms with Crippen molar-refractivity contribution >= 4 is 73.1 Å². The average molecular weight is 665 g/mol. The Morgan fingerprint density at radius 2 is 0.476 bits per heavy atom. The summed E-state index contributed by atoms with van der Waals surface area (Å²) in [6, 6.07) is 40.3. The minimum Gasteiger partial charge on any atom is -0.388 e. The first-order chi connectivity index (χ1) is 20.1. The van der Waals surface area contributed by atoms with Gasteiger partial charge in [-0.25, -0.2) is 0 Å². The van der Waals surface area contributed by atoms with Crippen LogP contribution in [0.3, 0.4) is 0 Å². The number of rotatable bonds is 4. The van der Waals surface area contributed by atoms with Crippen molar-refractivity contribution in [3.8, 4) is 0 Å². The summed E-state index contributed by atoms with van der Waals surface area (Å²) < 4.78 is 55.9. The van der Waals surface area contributed by atoms with Crippen molar-refractivity contribution in [3.63, 3.8) is 0 Å². The second kappa shape index (κ2) is 10.2. The van der Waals surface area contributed by atoms with Gasteiger partial charge in [-0.3, -0.25) is 0 Å². The molecule has 4 bridgehead atoms. The molecule has 0 unspecified atom stereocenters. The van der Waals surface area contributed by atoms with Crippen LogP contribution >= 0.6 is 0 Å². The minimum atomic E-state index is -3.52. The summed E-state index contributed by atoms with van der Waals surface area (Å²) in [7, 11) is -20.8. The fourth-order valence-electron chi connectivity index (χ4n) is 6.12. The molecule has 0 amide bonds. The van der Waals surface area contributed by atoms with Gasteiger partial charge in [0.1, 0.15) is 0 Å². The van der Waals surface area contributed by atoms with Gasteiger partial charge < -0.3 is 32.9 Å². The lowest BCUT2D eigenvalue weighted by Crippen LogP contribution is -2.86. The van der Waals surface area contributed by atoms with E-state index in [9.17, 15) is 0 Å². The van der Waals surface area contributed by atoms with Crippen LogP contribution in [0.1, 0.15) is 0 Å². The predicted octanol–water partition coefficient (Wildman–Crippen LogP) is 2.95. The molecule has 0 aliphatic carbocycles. The van der Waals surface area contributed by atoms with Crippen LogP contribution in [0.4, 0.5) is 0 Å². The second-order valence-corrected chi connectivity index (χ2v) is 29.2. The van der Waals surface area contributed by atoms with Gasteiger partial charge in [-0.1, -0.05) is 121 Å². The second-order valence-electron chi connectivity index (χ2n) is 11.0. The predicted molar refractivity (Wildman–Crippen MR) is 171 cm³/mol. The third-order valence-corrected chi connectivity index (χ3v) is 34.2. The Labute approximate surface area is 252 Å². The Bertz CT molecular complexity index is 1340. The van der Waals surface area contributed by atoms with Crippen molar-refractivity contribution in [2.45, 2.75) is 26.2 Å². The molecule has 3 aliphatic rings. The van der Waals surface area contributed by atoms with E-state index in [1.165, 1.54) is 0 Å². The maximum atomic E-state index is 7.11. The zero-order valence-electron chi connectivity index (χ0n) is 23.8. The summed E-state index contributed by atoms with van der Waals surface area (Å²) in [5, 5.41) is 3.81. The quantitative estimate of drug-likeness (QED) is 0.309. The molecule has 4 aromatic rings. The Hall–Kier alpha value is -2.14. The average Bonchev–Trinajstić information content (AvgIpc) is 2.96. The highest BCUT2D eigenvalue weighted by atomic mass is 28.6. The zero-order valence-corrected chi connectivity index (χ0v) is 29.8. The largest absolute Gasteiger partial charge is 0.474 e. The molecular weight excluding hydrogens is 633 g/mol. The molecule has 4 aromatic carbocycles. The highest BCUT2D eigenvalue weighted by Gasteiger charge is 2.74. The van der Waals surface area contributed by atoms with E-state index in [-0.39, 0.29) is 0 Å². The Balaban J connectivity index is 1.40. The summed E-state index contributed by atoms with van der Waals surface area (Å²) in [6.07, 6.45) is 0. The highest BCUT2D eigenvalue weighted by molar-refractivity contribution is 7.08. The fraction of sp³-hybridized carbons (Fsp3) is 0.143. The Morgan fingerprint density at radius 1 is 0.286 bits per heavy atom. The molecule has 0 spiro atoms. The first-order valence-electron chi connectivity index (χ1n) is 13.9. The summed E-state index contributed by atoms with van der Waals surface area (Å²) in [5.41, 5.74) is 0. The van der Waals surface area contributed by atoms with Gasteiger partial charge >= 0.3 is 52.3 Å². The van der Waals surface area contributed by atoms with Crippen LogP contribution in [0.25, 0.3) is 0 Å². The molecule has 3 saturated heterocycles. The van der Waals surface area contributed by atoms with Gasteiger partial charge in [0.25, 0.3) is 0 Å². The standard InChI is InChI=1S/C28H32O8Si6/c1-37-29-38(2,34-41(33-37,25-17-9-5-10-18-25)26-19-11-6-12-20-26)32-40(4)30-39(3,31-37)35-42(36-40,27-21-13-7-14-22-27)28-23-15-8-16-24-28/h5-24H,1-4H3/t37-,38+,39-,40+. The summed E-state index contributed by atoms with van der Waals surface area (Å²) in [5.74, 6) is 0. The maximum Gasteiger partial charge on any atom is 0.474 e. The van der Waals surface area contributed by atoms with Crippen LogP contribution in [0.15, 0.2) is 121 Å². The van der Waals surface area contributed by atoms with E-state index in [2.05, 4.69) is 0 Å². The first-order valence-corrected chi connectivity index (χ1v) is 26.4. The molecule has 8 nitrogen and oxygen atoms in total. The highest BCUT2D eigenvalue weighted by Crippen LogP contribution is 2.43.